The fourth-order valence-corrected chi connectivity index (χ4v) is 3.36. The summed E-state index contributed by atoms with van der Waals surface area (Å²) in [6.07, 6.45) is 3.90. The smallest absolute Gasteiger partial charge is 0.266 e. The number of nitrogens with zero attached hydrogens (tertiary/aromatic N) is 2. The summed E-state index contributed by atoms with van der Waals surface area (Å²) in [5.41, 5.74) is 3.69. The fourth-order valence-electron chi connectivity index (χ4n) is 3.36. The minimum atomic E-state index is -0.0608. The van der Waals surface area contributed by atoms with Gasteiger partial charge in [0.15, 0.2) is 0 Å². The molecular weight excluding hydrogens is 356 g/mol. The molecule has 0 atom stereocenters. The molecule has 3 nitrogen and oxygen atoms in total. The van der Waals surface area contributed by atoms with Gasteiger partial charge in [-0.05, 0) is 46.9 Å². The van der Waals surface area contributed by atoms with Gasteiger partial charge in [-0.3, -0.25) is 9.36 Å². The van der Waals surface area contributed by atoms with E-state index in [0.29, 0.717) is 16.7 Å². The van der Waals surface area contributed by atoms with Gasteiger partial charge in [0.05, 0.1) is 16.6 Å². The van der Waals surface area contributed by atoms with Gasteiger partial charge in [0, 0.05) is 0 Å². The molecule has 0 fully saturated rings. The molecular formula is C26H24N2O. The van der Waals surface area contributed by atoms with Crippen LogP contribution in [0, 0.1) is 0 Å². The Hall–Kier alpha value is -3.46. The van der Waals surface area contributed by atoms with E-state index < -0.39 is 0 Å². The van der Waals surface area contributed by atoms with Crippen LogP contribution in [0.3, 0.4) is 0 Å². The molecule has 29 heavy (non-hydrogen) atoms. The number of benzene rings is 3. The fraction of sp³-hybridized carbons (Fsp3) is 0.154. The van der Waals surface area contributed by atoms with Crippen molar-refractivity contribution in [1.29, 1.82) is 0 Å². The van der Waals surface area contributed by atoms with Crippen LogP contribution in [0.5, 0.6) is 0 Å². The van der Waals surface area contributed by atoms with Crippen LogP contribution in [-0.4, -0.2) is 9.55 Å². The second-order valence-electron chi connectivity index (χ2n) is 8.17. The van der Waals surface area contributed by atoms with Crippen molar-refractivity contribution in [2.24, 2.45) is 0 Å². The van der Waals surface area contributed by atoms with Crippen molar-refractivity contribution < 1.29 is 0 Å². The lowest BCUT2D eigenvalue weighted by molar-refractivity contribution is 0.589. The van der Waals surface area contributed by atoms with Crippen LogP contribution in [-0.2, 0) is 5.41 Å². The van der Waals surface area contributed by atoms with Gasteiger partial charge < -0.3 is 0 Å². The Morgan fingerprint density at radius 1 is 0.828 bits per heavy atom. The normalized spacial score (nSPS) is 12.0. The van der Waals surface area contributed by atoms with Crippen molar-refractivity contribution in [2.75, 3.05) is 0 Å². The Kier molecular flexibility index (Phi) is 4.89. The van der Waals surface area contributed by atoms with Crippen molar-refractivity contribution >= 4 is 23.1 Å². The highest BCUT2D eigenvalue weighted by Crippen LogP contribution is 2.25. The molecule has 1 heterocycles. The zero-order valence-electron chi connectivity index (χ0n) is 17.0. The number of para-hydroxylation sites is 1. The zero-order chi connectivity index (χ0) is 20.4. The molecule has 0 spiro atoms. The van der Waals surface area contributed by atoms with Crippen molar-refractivity contribution in [3.05, 3.63) is 106 Å². The predicted molar refractivity (Wildman–Crippen MR) is 121 cm³/mol. The minimum Gasteiger partial charge on any atom is -0.268 e. The third-order valence-electron chi connectivity index (χ3n) is 5.00. The molecule has 0 bridgehead atoms. The summed E-state index contributed by atoms with van der Waals surface area (Å²) in [5, 5.41) is 0.616. The minimum absolute atomic E-state index is 0.00998. The van der Waals surface area contributed by atoms with E-state index in [1.165, 1.54) is 5.56 Å². The number of hydrogen-bond acceptors (Lipinski definition) is 2. The monoisotopic (exact) mass is 380 g/mol. The highest BCUT2D eigenvalue weighted by atomic mass is 16.1. The molecule has 0 aliphatic rings. The molecule has 4 rings (SSSR count). The molecule has 144 valence electrons. The largest absolute Gasteiger partial charge is 0.268 e. The topological polar surface area (TPSA) is 34.9 Å². The number of aromatic nitrogens is 2. The highest BCUT2D eigenvalue weighted by Gasteiger charge is 2.16. The van der Waals surface area contributed by atoms with Crippen LogP contribution >= 0.6 is 0 Å². The predicted octanol–water partition coefficient (Wildman–Crippen LogP) is 5.85. The molecule has 0 aliphatic carbocycles. The van der Waals surface area contributed by atoms with E-state index >= 15 is 0 Å². The summed E-state index contributed by atoms with van der Waals surface area (Å²) in [5.74, 6) is 0.614. The van der Waals surface area contributed by atoms with Gasteiger partial charge in [0.25, 0.3) is 5.56 Å². The Morgan fingerprint density at radius 3 is 2.31 bits per heavy atom. The summed E-state index contributed by atoms with van der Waals surface area (Å²) in [6, 6.07) is 25.7. The third-order valence-corrected chi connectivity index (χ3v) is 5.00. The number of fused-ring (bicyclic) bond motifs is 1. The second-order valence-corrected chi connectivity index (χ2v) is 8.17. The van der Waals surface area contributed by atoms with Crippen LogP contribution in [0.2, 0.25) is 0 Å². The van der Waals surface area contributed by atoms with Gasteiger partial charge in [-0.1, -0.05) is 81.4 Å². The molecule has 4 aromatic rings. The highest BCUT2D eigenvalue weighted by molar-refractivity contribution is 5.80. The van der Waals surface area contributed by atoms with E-state index in [2.05, 4.69) is 32.9 Å². The van der Waals surface area contributed by atoms with Crippen molar-refractivity contribution in [3.8, 4) is 5.69 Å². The average molecular weight is 380 g/mol. The first-order chi connectivity index (χ1) is 13.9. The maximum atomic E-state index is 13.4. The Labute approximate surface area is 171 Å². The standard InChI is InChI=1S/C26H24N2O/c1-26(2,3)20-12-9-13-21(18-20)28-24(17-16-19-10-5-4-6-11-19)27-23-15-8-7-14-22(23)25(28)29/h4-18H,1-3H3/b17-16+. The van der Waals surface area contributed by atoms with E-state index in [9.17, 15) is 4.79 Å². The summed E-state index contributed by atoms with van der Waals surface area (Å²) in [6.45, 7) is 6.51. The molecule has 0 radical (unpaired) electrons. The van der Waals surface area contributed by atoms with Crippen molar-refractivity contribution in [1.82, 2.24) is 9.55 Å². The van der Waals surface area contributed by atoms with E-state index in [1.54, 1.807) is 4.57 Å². The van der Waals surface area contributed by atoms with E-state index in [4.69, 9.17) is 4.98 Å². The van der Waals surface area contributed by atoms with Gasteiger partial charge >= 0.3 is 0 Å². The maximum absolute atomic E-state index is 13.4. The first kappa shape index (κ1) is 18.9. The molecule has 0 aliphatic heterocycles. The lowest BCUT2D eigenvalue weighted by Crippen LogP contribution is -2.23. The maximum Gasteiger partial charge on any atom is 0.266 e. The summed E-state index contributed by atoms with van der Waals surface area (Å²) in [4.78, 5) is 18.2. The van der Waals surface area contributed by atoms with E-state index in [0.717, 1.165) is 11.3 Å². The number of hydrogen-bond donors (Lipinski definition) is 0. The molecule has 0 unspecified atom stereocenters. The quantitative estimate of drug-likeness (QED) is 0.447. The second kappa shape index (κ2) is 7.51. The lowest BCUT2D eigenvalue weighted by atomic mass is 9.87. The molecule has 1 aromatic heterocycles. The molecule has 0 N–H and O–H groups in total. The number of rotatable bonds is 3. The summed E-state index contributed by atoms with van der Waals surface area (Å²) >= 11 is 0. The summed E-state index contributed by atoms with van der Waals surface area (Å²) in [7, 11) is 0. The lowest BCUT2D eigenvalue weighted by Gasteiger charge is -2.20. The Morgan fingerprint density at radius 2 is 1.55 bits per heavy atom. The van der Waals surface area contributed by atoms with E-state index in [1.807, 2.05) is 78.9 Å². The molecule has 0 saturated carbocycles. The first-order valence-electron chi connectivity index (χ1n) is 9.79. The Bertz CT molecular complexity index is 1250. The third kappa shape index (κ3) is 3.90. The van der Waals surface area contributed by atoms with E-state index in [-0.39, 0.29) is 11.0 Å². The van der Waals surface area contributed by atoms with Crippen LogP contribution in [0.15, 0.2) is 83.7 Å². The Balaban J connectivity index is 1.96. The van der Waals surface area contributed by atoms with Crippen LogP contribution < -0.4 is 5.56 Å². The van der Waals surface area contributed by atoms with Crippen LogP contribution in [0.4, 0.5) is 0 Å². The molecule has 3 aromatic carbocycles. The van der Waals surface area contributed by atoms with Gasteiger partial charge in [0.2, 0.25) is 0 Å². The van der Waals surface area contributed by atoms with Gasteiger partial charge in [-0.25, -0.2) is 4.98 Å². The average Bonchev–Trinajstić information content (AvgIpc) is 2.72. The van der Waals surface area contributed by atoms with Crippen molar-refractivity contribution in [3.63, 3.8) is 0 Å². The molecule has 0 saturated heterocycles. The first-order valence-corrected chi connectivity index (χ1v) is 9.79. The van der Waals surface area contributed by atoms with Gasteiger partial charge in [0.1, 0.15) is 5.82 Å². The van der Waals surface area contributed by atoms with Crippen molar-refractivity contribution in [2.45, 2.75) is 26.2 Å². The van der Waals surface area contributed by atoms with Crippen LogP contribution in [0.1, 0.15) is 37.7 Å². The zero-order valence-corrected chi connectivity index (χ0v) is 17.0. The SMILES string of the molecule is CC(C)(C)c1cccc(-n2c(/C=C/c3ccccc3)nc3ccccc3c2=O)c1. The van der Waals surface area contributed by atoms with Gasteiger partial charge in [-0.15, -0.1) is 0 Å². The van der Waals surface area contributed by atoms with Gasteiger partial charge in [-0.2, -0.15) is 0 Å². The summed E-state index contributed by atoms with van der Waals surface area (Å²) < 4.78 is 1.71. The molecule has 3 heteroatoms. The molecule has 0 amide bonds. The van der Waals surface area contributed by atoms with Crippen LogP contribution in [0.25, 0.3) is 28.7 Å².